The summed E-state index contributed by atoms with van der Waals surface area (Å²) < 4.78 is 18.6. The zero-order valence-corrected chi connectivity index (χ0v) is 8.61. The molecule has 0 radical (unpaired) electrons. The van der Waals surface area contributed by atoms with Crippen LogP contribution in [0.3, 0.4) is 0 Å². The van der Waals surface area contributed by atoms with E-state index in [0.29, 0.717) is 4.47 Å². The van der Waals surface area contributed by atoms with Crippen LogP contribution in [0.2, 0.25) is 0 Å². The molecule has 0 N–H and O–H groups in total. The summed E-state index contributed by atoms with van der Waals surface area (Å²) in [6, 6.07) is 3.03. The molecule has 1 rings (SSSR count). The van der Waals surface area contributed by atoms with Gasteiger partial charge in [-0.25, -0.2) is 4.39 Å². The molecule has 0 fully saturated rings. The molecule has 0 aliphatic heterocycles. The Morgan fingerprint density at radius 3 is 2.67 bits per heavy atom. The predicted molar refractivity (Wildman–Crippen MR) is 50.0 cm³/mol. The van der Waals surface area contributed by atoms with Crippen molar-refractivity contribution in [3.8, 4) is 5.75 Å². The molecule has 1 nitrogen and oxygen atoms in total. The number of hydrogen-bond acceptors (Lipinski definition) is 1. The molecule has 0 saturated heterocycles. The molecule has 0 aliphatic carbocycles. The second-order valence-corrected chi connectivity index (χ2v) is 3.19. The highest BCUT2D eigenvalue weighted by molar-refractivity contribution is 9.10. The van der Waals surface area contributed by atoms with Crippen molar-refractivity contribution in [2.24, 2.45) is 0 Å². The first-order valence-corrected chi connectivity index (χ1v) is 4.50. The Bertz CT molecular complexity index is 286. The van der Waals surface area contributed by atoms with Crippen LogP contribution in [0.4, 0.5) is 4.39 Å². The van der Waals surface area contributed by atoms with E-state index in [9.17, 15) is 4.39 Å². The zero-order chi connectivity index (χ0) is 9.14. The topological polar surface area (TPSA) is 9.23 Å². The van der Waals surface area contributed by atoms with E-state index in [2.05, 4.69) is 15.9 Å². The molecule has 66 valence electrons. The summed E-state index contributed by atoms with van der Waals surface area (Å²) in [5.41, 5.74) is 0.873. The highest BCUT2D eigenvalue weighted by Crippen LogP contribution is 2.29. The predicted octanol–water partition coefficient (Wildman–Crippen LogP) is 3.16. The lowest BCUT2D eigenvalue weighted by Crippen LogP contribution is -1.93. The normalized spacial score (nSPS) is 10.0. The minimum atomic E-state index is -0.243. The monoisotopic (exact) mass is 232 g/mol. The first-order chi connectivity index (χ1) is 5.70. The van der Waals surface area contributed by atoms with Crippen LogP contribution in [0.1, 0.15) is 12.5 Å². The van der Waals surface area contributed by atoms with Crippen LogP contribution in [0, 0.1) is 5.82 Å². The molecule has 1 aromatic carbocycles. The van der Waals surface area contributed by atoms with Gasteiger partial charge in [-0.1, -0.05) is 6.92 Å². The van der Waals surface area contributed by atoms with E-state index < -0.39 is 0 Å². The Kier molecular flexibility index (Phi) is 3.09. The Labute approximate surface area is 79.7 Å². The van der Waals surface area contributed by atoms with Crippen molar-refractivity contribution in [1.82, 2.24) is 0 Å². The second kappa shape index (κ2) is 3.90. The highest BCUT2D eigenvalue weighted by Gasteiger charge is 2.09. The van der Waals surface area contributed by atoms with Crippen LogP contribution < -0.4 is 4.74 Å². The molecule has 0 bridgehead atoms. The van der Waals surface area contributed by atoms with Gasteiger partial charge in [-0.15, -0.1) is 0 Å². The van der Waals surface area contributed by atoms with Crippen molar-refractivity contribution in [2.75, 3.05) is 7.11 Å². The number of hydrogen-bond donors (Lipinski definition) is 0. The number of halogens is 2. The van der Waals surface area contributed by atoms with Crippen LogP contribution in [0.15, 0.2) is 16.6 Å². The fourth-order valence-corrected chi connectivity index (χ4v) is 1.70. The Morgan fingerprint density at radius 1 is 1.50 bits per heavy atom. The van der Waals surface area contributed by atoms with E-state index in [1.165, 1.54) is 6.07 Å². The largest absolute Gasteiger partial charge is 0.496 e. The average Bonchev–Trinajstić information content (AvgIpc) is 2.09. The van der Waals surface area contributed by atoms with Gasteiger partial charge in [0.15, 0.2) is 0 Å². The van der Waals surface area contributed by atoms with Crippen LogP contribution in [-0.2, 0) is 6.42 Å². The molecule has 0 spiro atoms. The van der Waals surface area contributed by atoms with Gasteiger partial charge < -0.3 is 4.74 Å². The molecule has 0 aliphatic rings. The summed E-state index contributed by atoms with van der Waals surface area (Å²) in [5, 5.41) is 0. The first kappa shape index (κ1) is 9.52. The zero-order valence-electron chi connectivity index (χ0n) is 7.03. The molecular formula is C9H10BrFO. The van der Waals surface area contributed by atoms with Gasteiger partial charge in [0.1, 0.15) is 11.6 Å². The van der Waals surface area contributed by atoms with E-state index in [-0.39, 0.29) is 5.82 Å². The Hall–Kier alpha value is -0.570. The highest BCUT2D eigenvalue weighted by atomic mass is 79.9. The third-order valence-electron chi connectivity index (χ3n) is 1.73. The van der Waals surface area contributed by atoms with Crippen LogP contribution >= 0.6 is 15.9 Å². The van der Waals surface area contributed by atoms with Gasteiger partial charge in [0.2, 0.25) is 0 Å². The number of methoxy groups -OCH3 is 1. The molecule has 0 amide bonds. The van der Waals surface area contributed by atoms with Gasteiger partial charge in [-0.2, -0.15) is 0 Å². The van der Waals surface area contributed by atoms with Crippen LogP contribution in [0.25, 0.3) is 0 Å². The lowest BCUT2D eigenvalue weighted by molar-refractivity contribution is 0.408. The fourth-order valence-electron chi connectivity index (χ4n) is 1.10. The molecule has 0 saturated carbocycles. The minimum Gasteiger partial charge on any atom is -0.496 e. The maximum Gasteiger partial charge on any atom is 0.137 e. The van der Waals surface area contributed by atoms with Gasteiger partial charge in [-0.3, -0.25) is 0 Å². The summed E-state index contributed by atoms with van der Waals surface area (Å²) in [7, 11) is 1.58. The maximum atomic E-state index is 13.0. The van der Waals surface area contributed by atoms with Crippen molar-refractivity contribution in [3.63, 3.8) is 0 Å². The molecule has 0 unspecified atom stereocenters. The summed E-state index contributed by atoms with van der Waals surface area (Å²) in [6.07, 6.45) is 0.752. The SMILES string of the molecule is CCc1c(OC)ccc(F)c1Br. The van der Waals surface area contributed by atoms with Crippen molar-refractivity contribution in [3.05, 3.63) is 28.0 Å². The van der Waals surface area contributed by atoms with E-state index in [0.717, 1.165) is 17.7 Å². The maximum absolute atomic E-state index is 13.0. The molecular weight excluding hydrogens is 223 g/mol. The smallest absolute Gasteiger partial charge is 0.137 e. The van der Waals surface area contributed by atoms with Gasteiger partial charge in [0, 0.05) is 5.56 Å². The first-order valence-electron chi connectivity index (χ1n) is 3.71. The summed E-state index contributed by atoms with van der Waals surface area (Å²) in [6.45, 7) is 1.96. The van der Waals surface area contributed by atoms with E-state index in [1.807, 2.05) is 6.92 Å². The lowest BCUT2D eigenvalue weighted by atomic mass is 10.1. The fraction of sp³-hybridized carbons (Fsp3) is 0.333. The lowest BCUT2D eigenvalue weighted by Gasteiger charge is -2.08. The molecule has 0 heterocycles. The van der Waals surface area contributed by atoms with Gasteiger partial charge >= 0.3 is 0 Å². The standard InChI is InChI=1S/C9H10BrFO/c1-3-6-8(12-2)5-4-7(11)9(6)10/h4-5H,3H2,1-2H3. The summed E-state index contributed by atoms with van der Waals surface area (Å²) in [4.78, 5) is 0. The van der Waals surface area contributed by atoms with Gasteiger partial charge in [0.05, 0.1) is 11.6 Å². The average molecular weight is 233 g/mol. The van der Waals surface area contributed by atoms with Crippen molar-refractivity contribution in [2.45, 2.75) is 13.3 Å². The third-order valence-corrected chi connectivity index (χ3v) is 2.58. The third kappa shape index (κ3) is 1.61. The van der Waals surface area contributed by atoms with Crippen LogP contribution in [0.5, 0.6) is 5.75 Å². The summed E-state index contributed by atoms with van der Waals surface area (Å²) >= 11 is 3.18. The molecule has 3 heteroatoms. The molecule has 0 aromatic heterocycles. The minimum absolute atomic E-state index is 0.243. The van der Waals surface area contributed by atoms with Gasteiger partial charge in [-0.05, 0) is 34.5 Å². The number of ether oxygens (including phenoxy) is 1. The van der Waals surface area contributed by atoms with Crippen molar-refractivity contribution >= 4 is 15.9 Å². The molecule has 0 atom stereocenters. The number of benzene rings is 1. The van der Waals surface area contributed by atoms with E-state index >= 15 is 0 Å². The molecule has 12 heavy (non-hydrogen) atoms. The van der Waals surface area contributed by atoms with E-state index in [4.69, 9.17) is 4.74 Å². The second-order valence-electron chi connectivity index (χ2n) is 2.40. The molecule has 1 aromatic rings. The van der Waals surface area contributed by atoms with Crippen molar-refractivity contribution in [1.29, 1.82) is 0 Å². The van der Waals surface area contributed by atoms with E-state index in [1.54, 1.807) is 13.2 Å². The van der Waals surface area contributed by atoms with Crippen LogP contribution in [-0.4, -0.2) is 7.11 Å². The number of rotatable bonds is 2. The van der Waals surface area contributed by atoms with Crippen molar-refractivity contribution < 1.29 is 9.13 Å². The van der Waals surface area contributed by atoms with Gasteiger partial charge in [0.25, 0.3) is 0 Å². The Morgan fingerprint density at radius 2 is 2.17 bits per heavy atom. The summed E-state index contributed by atoms with van der Waals surface area (Å²) in [5.74, 6) is 0.485. The quantitative estimate of drug-likeness (QED) is 0.762. The Balaban J connectivity index is 3.25.